The first-order valence-corrected chi connectivity index (χ1v) is 13.5. The lowest BCUT2D eigenvalue weighted by Crippen LogP contribution is -2.55. The quantitative estimate of drug-likeness (QED) is 0.553. The van der Waals surface area contributed by atoms with Crippen LogP contribution in [0.1, 0.15) is 92.9 Å². The fraction of sp³-hybridized carbons (Fsp3) is 1.00. The highest BCUT2D eigenvalue weighted by atomic mass is 16.5. The predicted octanol–water partition coefficient (Wildman–Crippen LogP) is 4.54. The van der Waals surface area contributed by atoms with Gasteiger partial charge in [0.05, 0.1) is 30.0 Å². The first-order valence-electron chi connectivity index (χ1n) is 13.5. The molecule has 0 aromatic rings. The van der Waals surface area contributed by atoms with Crippen LogP contribution in [0.3, 0.4) is 0 Å². The van der Waals surface area contributed by atoms with E-state index in [9.17, 15) is 15.3 Å². The highest BCUT2D eigenvalue weighted by Gasteiger charge is 2.81. The van der Waals surface area contributed by atoms with E-state index < -0.39 is 11.7 Å². The zero-order valence-electron chi connectivity index (χ0n) is 21.1. The molecule has 3 N–H and O–H groups in total. The third-order valence-electron chi connectivity index (χ3n) is 12.7. The van der Waals surface area contributed by atoms with Crippen LogP contribution in [0.25, 0.3) is 0 Å². The molecule has 182 valence electrons. The minimum atomic E-state index is -0.873. The average Bonchev–Trinajstić information content (AvgIpc) is 3.30. The number of hydrogen-bond acceptors (Lipinski definition) is 4. The molecule has 1 saturated heterocycles. The Morgan fingerprint density at radius 2 is 1.62 bits per heavy atom. The molecule has 8 unspecified atom stereocenters. The fourth-order valence-electron chi connectivity index (χ4n) is 11.3. The molecule has 2 spiro atoms. The Kier molecular flexibility index (Phi) is 4.42. The summed E-state index contributed by atoms with van der Waals surface area (Å²) in [5.74, 6) is 2.35. The van der Waals surface area contributed by atoms with E-state index >= 15 is 0 Å². The smallest absolute Gasteiger partial charge is 0.0878 e. The van der Waals surface area contributed by atoms with Gasteiger partial charge in [-0.1, -0.05) is 27.7 Å². The van der Waals surface area contributed by atoms with E-state index in [4.69, 9.17) is 4.74 Å². The van der Waals surface area contributed by atoms with Crippen LogP contribution >= 0.6 is 0 Å². The van der Waals surface area contributed by atoms with Gasteiger partial charge in [0.2, 0.25) is 0 Å². The number of fused-ring (bicyclic) bond motifs is 4. The van der Waals surface area contributed by atoms with E-state index in [1.165, 1.54) is 38.5 Å². The molecule has 0 aromatic heterocycles. The van der Waals surface area contributed by atoms with Crippen LogP contribution in [0.15, 0.2) is 0 Å². The summed E-state index contributed by atoms with van der Waals surface area (Å²) >= 11 is 0. The van der Waals surface area contributed by atoms with Gasteiger partial charge >= 0.3 is 0 Å². The number of rotatable bonds is 1. The molecular weight excluding hydrogens is 400 g/mol. The first kappa shape index (κ1) is 22.3. The zero-order chi connectivity index (χ0) is 23.1. The lowest BCUT2D eigenvalue weighted by molar-refractivity contribution is -0.194. The maximum atomic E-state index is 11.8. The van der Waals surface area contributed by atoms with Crippen LogP contribution in [-0.2, 0) is 4.74 Å². The Labute approximate surface area is 194 Å². The first-order chi connectivity index (χ1) is 14.8. The SMILES string of the molecule is C[C@@H]1CC(C(C)(C)O)OC2C1C1(C)CC[C@@]34CC35CCC(O)C(C)(C)[C@@H]5CCC4C1[C@H]2O. The molecule has 0 bridgehead atoms. The second kappa shape index (κ2) is 6.33. The Hall–Kier alpha value is -0.160. The molecule has 0 amide bonds. The van der Waals surface area contributed by atoms with E-state index in [0.717, 1.165) is 12.8 Å². The summed E-state index contributed by atoms with van der Waals surface area (Å²) in [5.41, 5.74) is 0.0417. The van der Waals surface area contributed by atoms with E-state index in [1.807, 2.05) is 13.8 Å². The van der Waals surface area contributed by atoms with E-state index in [1.54, 1.807) is 0 Å². The molecular formula is C28H46O4. The fourth-order valence-corrected chi connectivity index (χ4v) is 11.3. The van der Waals surface area contributed by atoms with Crippen molar-refractivity contribution in [3.8, 4) is 0 Å². The van der Waals surface area contributed by atoms with Crippen molar-refractivity contribution in [2.24, 2.45) is 51.2 Å². The van der Waals surface area contributed by atoms with Gasteiger partial charge in [-0.2, -0.15) is 0 Å². The normalized spacial score (nSPS) is 60.5. The minimum Gasteiger partial charge on any atom is -0.393 e. The largest absolute Gasteiger partial charge is 0.393 e. The molecule has 6 rings (SSSR count). The number of ether oxygens (including phenoxy) is 1. The predicted molar refractivity (Wildman–Crippen MR) is 124 cm³/mol. The van der Waals surface area contributed by atoms with Crippen molar-refractivity contribution in [2.75, 3.05) is 0 Å². The van der Waals surface area contributed by atoms with Gasteiger partial charge in [-0.25, -0.2) is 0 Å². The monoisotopic (exact) mass is 446 g/mol. The molecule has 0 radical (unpaired) electrons. The summed E-state index contributed by atoms with van der Waals surface area (Å²) in [4.78, 5) is 0. The maximum absolute atomic E-state index is 11.8. The molecule has 32 heavy (non-hydrogen) atoms. The summed E-state index contributed by atoms with van der Waals surface area (Å²) in [6, 6.07) is 0. The summed E-state index contributed by atoms with van der Waals surface area (Å²) < 4.78 is 6.56. The van der Waals surface area contributed by atoms with E-state index in [0.29, 0.717) is 40.4 Å². The van der Waals surface area contributed by atoms with Crippen LogP contribution < -0.4 is 0 Å². The van der Waals surface area contributed by atoms with Crippen molar-refractivity contribution >= 4 is 0 Å². The van der Waals surface area contributed by atoms with Crippen LogP contribution in [0.2, 0.25) is 0 Å². The molecule has 1 heterocycles. The third kappa shape index (κ3) is 2.44. The summed E-state index contributed by atoms with van der Waals surface area (Å²) in [6.45, 7) is 13.1. The van der Waals surface area contributed by atoms with Crippen molar-refractivity contribution in [2.45, 2.75) is 123 Å². The topological polar surface area (TPSA) is 69.9 Å². The molecule has 0 aromatic carbocycles. The van der Waals surface area contributed by atoms with Gasteiger partial charge in [0.15, 0.2) is 0 Å². The van der Waals surface area contributed by atoms with E-state index in [-0.39, 0.29) is 29.1 Å². The van der Waals surface area contributed by atoms with Gasteiger partial charge in [0.1, 0.15) is 0 Å². The lowest BCUT2D eigenvalue weighted by atomic mass is 9.46. The molecule has 12 atom stereocenters. The maximum Gasteiger partial charge on any atom is 0.0878 e. The Morgan fingerprint density at radius 3 is 2.31 bits per heavy atom. The van der Waals surface area contributed by atoms with Gasteiger partial charge in [-0.15, -0.1) is 0 Å². The summed E-state index contributed by atoms with van der Waals surface area (Å²) in [5, 5.41) is 33.4. The zero-order valence-corrected chi connectivity index (χ0v) is 21.1. The van der Waals surface area contributed by atoms with Gasteiger partial charge in [-0.3, -0.25) is 0 Å². The van der Waals surface area contributed by atoms with Gasteiger partial charge in [-0.05, 0) is 116 Å². The molecule has 4 nitrogen and oxygen atoms in total. The minimum absolute atomic E-state index is 0.00725. The second-order valence-electron chi connectivity index (χ2n) is 14.6. The highest BCUT2D eigenvalue weighted by molar-refractivity contribution is 5.30. The summed E-state index contributed by atoms with van der Waals surface area (Å²) in [6.07, 6.45) is 8.29. The van der Waals surface area contributed by atoms with Crippen LogP contribution in [0, 0.1) is 51.2 Å². The van der Waals surface area contributed by atoms with Gasteiger partial charge < -0.3 is 20.1 Å². The van der Waals surface area contributed by atoms with Crippen LogP contribution in [-0.4, -0.2) is 45.3 Å². The second-order valence-corrected chi connectivity index (χ2v) is 14.6. The molecule has 6 fully saturated rings. The summed E-state index contributed by atoms with van der Waals surface area (Å²) in [7, 11) is 0. The third-order valence-corrected chi connectivity index (χ3v) is 12.7. The van der Waals surface area contributed by atoms with Crippen molar-refractivity contribution in [1.82, 2.24) is 0 Å². The number of aliphatic hydroxyl groups is 3. The average molecular weight is 447 g/mol. The van der Waals surface area contributed by atoms with Crippen LogP contribution in [0.4, 0.5) is 0 Å². The standard InChI is InChI=1S/C28H46O4/c1-15-13-19(25(4,5)31)32-23-20(15)26(6)11-12-27-14-28(27)10-9-18(29)24(2,3)17(28)8-7-16(27)21(26)22(23)30/h15-23,29-31H,7-14H2,1-6H3/t15-,16?,17+,18?,19?,20?,21?,22-,23?,26?,27+,28?/m1/s1. The van der Waals surface area contributed by atoms with Gasteiger partial charge in [0.25, 0.3) is 0 Å². The Morgan fingerprint density at radius 1 is 0.906 bits per heavy atom. The highest BCUT2D eigenvalue weighted by Crippen LogP contribution is 2.87. The van der Waals surface area contributed by atoms with Crippen LogP contribution in [0.5, 0.6) is 0 Å². The van der Waals surface area contributed by atoms with Crippen molar-refractivity contribution in [1.29, 1.82) is 0 Å². The number of aliphatic hydroxyl groups excluding tert-OH is 2. The van der Waals surface area contributed by atoms with E-state index in [2.05, 4.69) is 27.7 Å². The molecule has 4 heteroatoms. The van der Waals surface area contributed by atoms with Crippen molar-refractivity contribution < 1.29 is 20.1 Å². The van der Waals surface area contributed by atoms with Gasteiger partial charge in [0, 0.05) is 0 Å². The van der Waals surface area contributed by atoms with Crippen molar-refractivity contribution in [3.63, 3.8) is 0 Å². The number of hydrogen-bond donors (Lipinski definition) is 3. The lowest BCUT2D eigenvalue weighted by Gasteiger charge is -2.59. The molecule has 5 aliphatic carbocycles. The molecule has 1 aliphatic heterocycles. The Balaban J connectivity index is 1.35. The molecule has 6 aliphatic rings. The van der Waals surface area contributed by atoms with Crippen molar-refractivity contribution in [3.05, 3.63) is 0 Å². The Bertz CT molecular complexity index is 802. The molecule has 5 saturated carbocycles.